The molecule has 96 valence electrons. The Bertz CT molecular complexity index is 460. The zero-order valence-electron chi connectivity index (χ0n) is 9.90. The topological polar surface area (TPSA) is 52.6 Å². The van der Waals surface area contributed by atoms with Crippen molar-refractivity contribution in [2.24, 2.45) is 11.8 Å². The third-order valence-corrected chi connectivity index (χ3v) is 3.88. The number of rotatable bonds is 1. The first-order valence-electron chi connectivity index (χ1n) is 6.14. The molecule has 18 heavy (non-hydrogen) atoms. The molecule has 0 saturated carbocycles. The molecule has 0 bridgehead atoms. The van der Waals surface area contributed by atoms with E-state index in [9.17, 15) is 14.3 Å². The molecule has 2 unspecified atom stereocenters. The zero-order valence-corrected chi connectivity index (χ0v) is 9.90. The van der Waals surface area contributed by atoms with Crippen LogP contribution in [0.2, 0.25) is 0 Å². The summed E-state index contributed by atoms with van der Waals surface area (Å²) in [6.07, 6.45) is 0. The second-order valence-corrected chi connectivity index (χ2v) is 5.02. The van der Waals surface area contributed by atoms with Crippen LogP contribution in [0.3, 0.4) is 0 Å². The molecule has 2 aliphatic heterocycles. The summed E-state index contributed by atoms with van der Waals surface area (Å²) in [7, 11) is 0. The average Bonchev–Trinajstić information content (AvgIpc) is 2.88. The zero-order chi connectivity index (χ0) is 12.7. The molecule has 4 nitrogen and oxygen atoms in total. The predicted octanol–water partition coefficient (Wildman–Crippen LogP) is 0.823. The van der Waals surface area contributed by atoms with Crippen LogP contribution in [0, 0.1) is 17.7 Å². The first kappa shape index (κ1) is 11.5. The number of carbonyl (C=O) groups is 1. The number of phenolic OH excluding ortho intramolecular Hbond substituents is 1. The van der Waals surface area contributed by atoms with Gasteiger partial charge in [-0.3, -0.25) is 4.79 Å². The van der Waals surface area contributed by atoms with Gasteiger partial charge >= 0.3 is 0 Å². The Labute approximate surface area is 104 Å². The number of nitrogens with one attached hydrogen (secondary N) is 1. The summed E-state index contributed by atoms with van der Waals surface area (Å²) in [6.45, 7) is 3.12. The van der Waals surface area contributed by atoms with Crippen LogP contribution in [0.4, 0.5) is 4.39 Å². The van der Waals surface area contributed by atoms with E-state index in [1.807, 2.05) is 0 Å². The molecule has 0 spiro atoms. The molecule has 3 rings (SSSR count). The number of fused-ring (bicyclic) bond motifs is 1. The van der Waals surface area contributed by atoms with Crippen molar-refractivity contribution in [2.45, 2.75) is 0 Å². The van der Waals surface area contributed by atoms with Gasteiger partial charge in [-0.25, -0.2) is 4.39 Å². The van der Waals surface area contributed by atoms with Gasteiger partial charge in [0.2, 0.25) is 0 Å². The summed E-state index contributed by atoms with van der Waals surface area (Å²) in [5.41, 5.74) is -0.203. The van der Waals surface area contributed by atoms with Crippen LogP contribution in [-0.2, 0) is 0 Å². The van der Waals surface area contributed by atoms with Crippen LogP contribution in [-0.4, -0.2) is 42.1 Å². The number of nitrogens with zero attached hydrogens (tertiary/aromatic N) is 1. The maximum atomic E-state index is 13.6. The van der Waals surface area contributed by atoms with E-state index >= 15 is 0 Å². The summed E-state index contributed by atoms with van der Waals surface area (Å²) in [4.78, 5) is 13.9. The minimum Gasteiger partial charge on any atom is -0.507 e. The van der Waals surface area contributed by atoms with Crippen LogP contribution < -0.4 is 5.32 Å². The molecule has 5 heteroatoms. The van der Waals surface area contributed by atoms with Gasteiger partial charge in [-0.15, -0.1) is 0 Å². The minimum atomic E-state index is -0.657. The van der Waals surface area contributed by atoms with Gasteiger partial charge in [-0.2, -0.15) is 0 Å². The van der Waals surface area contributed by atoms with Crippen molar-refractivity contribution in [2.75, 3.05) is 26.2 Å². The number of carbonyl (C=O) groups excluding carboxylic acids is 1. The van der Waals surface area contributed by atoms with Crippen LogP contribution in [0.5, 0.6) is 5.75 Å². The molecule has 2 heterocycles. The summed E-state index contributed by atoms with van der Waals surface area (Å²) >= 11 is 0. The first-order valence-corrected chi connectivity index (χ1v) is 6.14. The van der Waals surface area contributed by atoms with E-state index in [1.165, 1.54) is 18.2 Å². The van der Waals surface area contributed by atoms with Crippen molar-refractivity contribution < 1.29 is 14.3 Å². The van der Waals surface area contributed by atoms with Crippen LogP contribution in [0.1, 0.15) is 10.4 Å². The monoisotopic (exact) mass is 250 g/mol. The lowest BCUT2D eigenvalue weighted by Crippen LogP contribution is -2.32. The molecule has 2 N–H and O–H groups in total. The Morgan fingerprint density at radius 1 is 1.33 bits per heavy atom. The third-order valence-electron chi connectivity index (χ3n) is 3.88. The van der Waals surface area contributed by atoms with E-state index in [1.54, 1.807) is 4.90 Å². The second-order valence-electron chi connectivity index (χ2n) is 5.02. The summed E-state index contributed by atoms with van der Waals surface area (Å²) in [5.74, 6) is -0.420. The molecule has 1 aromatic rings. The van der Waals surface area contributed by atoms with Gasteiger partial charge in [-0.05, 0) is 24.0 Å². The predicted molar refractivity (Wildman–Crippen MR) is 63.8 cm³/mol. The molecule has 0 aliphatic carbocycles. The van der Waals surface area contributed by atoms with Crippen molar-refractivity contribution >= 4 is 5.91 Å². The molecular weight excluding hydrogens is 235 g/mol. The normalized spacial score (nSPS) is 26.4. The number of halogens is 1. The van der Waals surface area contributed by atoms with E-state index in [0.29, 0.717) is 24.9 Å². The van der Waals surface area contributed by atoms with E-state index < -0.39 is 11.7 Å². The molecule has 2 aliphatic rings. The highest BCUT2D eigenvalue weighted by atomic mass is 19.1. The Morgan fingerprint density at radius 2 is 2.00 bits per heavy atom. The van der Waals surface area contributed by atoms with Gasteiger partial charge in [0.1, 0.15) is 17.1 Å². The lowest BCUT2D eigenvalue weighted by Gasteiger charge is -2.18. The fourth-order valence-electron chi connectivity index (χ4n) is 2.90. The summed E-state index contributed by atoms with van der Waals surface area (Å²) in [6, 6.07) is 3.93. The number of benzene rings is 1. The van der Waals surface area contributed by atoms with Gasteiger partial charge in [0.15, 0.2) is 0 Å². The SMILES string of the molecule is O=C(c1c(O)cccc1F)N1CC2CNCC2C1. The maximum absolute atomic E-state index is 13.6. The Hall–Kier alpha value is -1.62. The number of hydrogen-bond acceptors (Lipinski definition) is 3. The van der Waals surface area contributed by atoms with Crippen molar-refractivity contribution in [1.82, 2.24) is 10.2 Å². The number of aromatic hydroxyl groups is 1. The fourth-order valence-corrected chi connectivity index (χ4v) is 2.90. The average molecular weight is 250 g/mol. The largest absolute Gasteiger partial charge is 0.507 e. The Morgan fingerprint density at radius 3 is 2.61 bits per heavy atom. The number of likely N-dealkylation sites (tertiary alicyclic amines) is 1. The van der Waals surface area contributed by atoms with Crippen molar-refractivity contribution in [3.8, 4) is 5.75 Å². The van der Waals surface area contributed by atoms with E-state index in [0.717, 1.165) is 13.1 Å². The van der Waals surface area contributed by atoms with E-state index in [4.69, 9.17) is 0 Å². The van der Waals surface area contributed by atoms with Crippen LogP contribution in [0.25, 0.3) is 0 Å². The minimum absolute atomic E-state index is 0.203. The van der Waals surface area contributed by atoms with Gasteiger partial charge in [-0.1, -0.05) is 6.07 Å². The summed E-state index contributed by atoms with van der Waals surface area (Å²) < 4.78 is 13.6. The first-order chi connectivity index (χ1) is 8.66. The molecule has 1 amide bonds. The lowest BCUT2D eigenvalue weighted by atomic mass is 10.0. The molecule has 0 aromatic heterocycles. The quantitative estimate of drug-likeness (QED) is 0.776. The maximum Gasteiger partial charge on any atom is 0.260 e. The molecule has 2 fully saturated rings. The molecular formula is C13H15FN2O2. The number of hydrogen-bond donors (Lipinski definition) is 2. The third kappa shape index (κ3) is 1.75. The number of phenols is 1. The van der Waals surface area contributed by atoms with E-state index in [2.05, 4.69) is 5.32 Å². The van der Waals surface area contributed by atoms with Crippen molar-refractivity contribution in [3.05, 3.63) is 29.6 Å². The Kier molecular flexibility index (Phi) is 2.70. The molecule has 0 radical (unpaired) electrons. The molecule has 2 atom stereocenters. The van der Waals surface area contributed by atoms with Crippen molar-refractivity contribution in [3.63, 3.8) is 0 Å². The fraction of sp³-hybridized carbons (Fsp3) is 0.462. The van der Waals surface area contributed by atoms with E-state index in [-0.39, 0.29) is 11.3 Å². The van der Waals surface area contributed by atoms with Crippen molar-refractivity contribution in [1.29, 1.82) is 0 Å². The smallest absolute Gasteiger partial charge is 0.260 e. The standard InChI is InChI=1S/C13H15FN2O2/c14-10-2-1-3-11(17)12(10)13(18)16-6-8-4-15-5-9(8)7-16/h1-3,8-9,15,17H,4-7H2. The number of amides is 1. The van der Waals surface area contributed by atoms with Gasteiger partial charge in [0.05, 0.1) is 0 Å². The van der Waals surface area contributed by atoms with Crippen LogP contribution >= 0.6 is 0 Å². The second kappa shape index (κ2) is 4.24. The van der Waals surface area contributed by atoms with Crippen LogP contribution in [0.15, 0.2) is 18.2 Å². The lowest BCUT2D eigenvalue weighted by molar-refractivity contribution is 0.0774. The highest BCUT2D eigenvalue weighted by molar-refractivity contribution is 5.97. The molecule has 1 aromatic carbocycles. The summed E-state index contributed by atoms with van der Waals surface area (Å²) in [5, 5.41) is 12.9. The highest BCUT2D eigenvalue weighted by Gasteiger charge is 2.39. The molecule has 2 saturated heterocycles. The van der Waals surface area contributed by atoms with Gasteiger partial charge in [0, 0.05) is 26.2 Å². The highest BCUT2D eigenvalue weighted by Crippen LogP contribution is 2.29. The Balaban J connectivity index is 1.83. The van der Waals surface area contributed by atoms with Gasteiger partial charge in [0.25, 0.3) is 5.91 Å². The van der Waals surface area contributed by atoms with Gasteiger partial charge < -0.3 is 15.3 Å².